The van der Waals surface area contributed by atoms with E-state index in [9.17, 15) is 19.3 Å². The molecule has 0 aliphatic rings. The molecule has 0 fully saturated rings. The Morgan fingerprint density at radius 1 is 1.19 bits per heavy atom. The Hall–Kier alpha value is -3.36. The number of nitro groups is 1. The van der Waals surface area contributed by atoms with E-state index in [4.69, 9.17) is 14.2 Å². The number of carbonyl (C=O) groups is 1. The molecular formula is C18H19FN2O6. The Morgan fingerprint density at radius 3 is 2.52 bits per heavy atom. The third-order valence-electron chi connectivity index (χ3n) is 3.66. The van der Waals surface area contributed by atoms with E-state index >= 15 is 0 Å². The van der Waals surface area contributed by atoms with Gasteiger partial charge in [0.2, 0.25) is 0 Å². The van der Waals surface area contributed by atoms with Crippen LogP contribution in [-0.4, -0.2) is 38.2 Å². The van der Waals surface area contributed by atoms with Gasteiger partial charge in [0, 0.05) is 18.2 Å². The van der Waals surface area contributed by atoms with E-state index in [0.717, 1.165) is 0 Å². The van der Waals surface area contributed by atoms with Crippen molar-refractivity contribution in [2.24, 2.45) is 0 Å². The number of nitro benzene ring substituents is 1. The van der Waals surface area contributed by atoms with Gasteiger partial charge < -0.3 is 19.5 Å². The number of benzene rings is 2. The maximum atomic E-state index is 13.0. The van der Waals surface area contributed by atoms with Crippen molar-refractivity contribution in [3.8, 4) is 17.2 Å². The van der Waals surface area contributed by atoms with Gasteiger partial charge in [-0.1, -0.05) is 6.07 Å². The summed E-state index contributed by atoms with van der Waals surface area (Å²) in [5.41, 5.74) is 0.266. The van der Waals surface area contributed by atoms with Crippen molar-refractivity contribution in [2.45, 2.75) is 6.42 Å². The minimum absolute atomic E-state index is 0.127. The molecule has 2 aromatic carbocycles. The predicted octanol–water partition coefficient (Wildman–Crippen LogP) is 2.49. The first-order valence-electron chi connectivity index (χ1n) is 7.99. The van der Waals surface area contributed by atoms with E-state index in [1.807, 2.05) is 0 Å². The lowest BCUT2D eigenvalue weighted by atomic mass is 10.1. The van der Waals surface area contributed by atoms with Crippen molar-refractivity contribution in [3.05, 3.63) is 57.9 Å². The van der Waals surface area contributed by atoms with Gasteiger partial charge >= 0.3 is 0 Å². The number of carbonyl (C=O) groups excluding carboxylic acids is 1. The first kappa shape index (κ1) is 20.0. The number of rotatable bonds is 9. The van der Waals surface area contributed by atoms with E-state index in [1.54, 1.807) is 0 Å². The SMILES string of the molecule is COc1cc(CCNC(=O)COc2cccc(F)c2)c([N+](=O)[O-])cc1OC. The fourth-order valence-corrected chi connectivity index (χ4v) is 2.37. The molecule has 0 saturated carbocycles. The van der Waals surface area contributed by atoms with Crippen LogP contribution in [0, 0.1) is 15.9 Å². The normalized spacial score (nSPS) is 10.2. The van der Waals surface area contributed by atoms with Crippen LogP contribution in [0.3, 0.4) is 0 Å². The third kappa shape index (κ3) is 5.56. The average molecular weight is 378 g/mol. The second-order valence-electron chi connectivity index (χ2n) is 5.44. The molecule has 0 atom stereocenters. The van der Waals surface area contributed by atoms with E-state index in [0.29, 0.717) is 11.3 Å². The Kier molecular flexibility index (Phi) is 6.93. The summed E-state index contributed by atoms with van der Waals surface area (Å²) >= 11 is 0. The molecule has 1 N–H and O–H groups in total. The van der Waals surface area contributed by atoms with Gasteiger partial charge in [0.15, 0.2) is 18.1 Å². The molecule has 2 rings (SSSR count). The van der Waals surface area contributed by atoms with Crippen molar-refractivity contribution >= 4 is 11.6 Å². The van der Waals surface area contributed by atoms with E-state index in [1.165, 1.54) is 50.6 Å². The fraction of sp³-hybridized carbons (Fsp3) is 0.278. The van der Waals surface area contributed by atoms with Gasteiger partial charge in [-0.15, -0.1) is 0 Å². The number of ether oxygens (including phenoxy) is 3. The molecule has 0 saturated heterocycles. The second kappa shape index (κ2) is 9.37. The number of hydrogen-bond acceptors (Lipinski definition) is 6. The van der Waals surface area contributed by atoms with Crippen LogP contribution < -0.4 is 19.5 Å². The number of nitrogens with one attached hydrogen (secondary N) is 1. The van der Waals surface area contributed by atoms with Crippen LogP contribution in [0.1, 0.15) is 5.56 Å². The highest BCUT2D eigenvalue weighted by Crippen LogP contribution is 2.34. The summed E-state index contributed by atoms with van der Waals surface area (Å²) in [6.07, 6.45) is 0.211. The van der Waals surface area contributed by atoms with Gasteiger partial charge in [-0.25, -0.2) is 4.39 Å². The molecule has 0 aliphatic carbocycles. The lowest BCUT2D eigenvalue weighted by Crippen LogP contribution is -2.30. The topological polar surface area (TPSA) is 99.9 Å². The van der Waals surface area contributed by atoms with Gasteiger partial charge in [-0.3, -0.25) is 14.9 Å². The van der Waals surface area contributed by atoms with Crippen molar-refractivity contribution in [1.82, 2.24) is 5.32 Å². The molecule has 0 bridgehead atoms. The zero-order valence-electron chi connectivity index (χ0n) is 14.9. The number of nitrogens with zero attached hydrogens (tertiary/aromatic N) is 1. The summed E-state index contributed by atoms with van der Waals surface area (Å²) in [7, 11) is 2.82. The molecule has 0 spiro atoms. The highest BCUT2D eigenvalue weighted by atomic mass is 19.1. The average Bonchev–Trinajstić information content (AvgIpc) is 2.65. The van der Waals surface area contributed by atoms with Crippen molar-refractivity contribution in [2.75, 3.05) is 27.4 Å². The van der Waals surface area contributed by atoms with E-state index in [2.05, 4.69) is 5.32 Å². The zero-order valence-corrected chi connectivity index (χ0v) is 14.9. The van der Waals surface area contributed by atoms with Crippen LogP contribution in [0.4, 0.5) is 10.1 Å². The Balaban J connectivity index is 1.93. The molecule has 0 aliphatic heterocycles. The molecule has 144 valence electrons. The molecule has 2 aromatic rings. The summed E-state index contributed by atoms with van der Waals surface area (Å²) in [6.45, 7) is -0.140. The number of amides is 1. The van der Waals surface area contributed by atoms with Gasteiger partial charge in [0.1, 0.15) is 11.6 Å². The monoisotopic (exact) mass is 378 g/mol. The van der Waals surface area contributed by atoms with Gasteiger partial charge in [0.25, 0.3) is 11.6 Å². The quantitative estimate of drug-likeness (QED) is 0.532. The van der Waals surface area contributed by atoms with Gasteiger partial charge in [0.05, 0.1) is 25.2 Å². The molecular weight excluding hydrogens is 359 g/mol. The van der Waals surface area contributed by atoms with Crippen molar-refractivity contribution in [1.29, 1.82) is 0 Å². The first-order chi connectivity index (χ1) is 12.9. The Morgan fingerprint density at radius 2 is 1.89 bits per heavy atom. The molecule has 8 nitrogen and oxygen atoms in total. The highest BCUT2D eigenvalue weighted by Gasteiger charge is 2.19. The largest absolute Gasteiger partial charge is 0.493 e. The first-order valence-corrected chi connectivity index (χ1v) is 7.99. The van der Waals surface area contributed by atoms with Crippen LogP contribution in [0.2, 0.25) is 0 Å². The minimum Gasteiger partial charge on any atom is -0.493 e. The smallest absolute Gasteiger partial charge is 0.276 e. The standard InChI is InChI=1S/C18H19FN2O6/c1-25-16-8-12(15(21(23)24)10-17(16)26-2)6-7-20-18(22)11-27-14-5-3-4-13(19)9-14/h3-5,8-10H,6-7,11H2,1-2H3,(H,20,22). The van der Waals surface area contributed by atoms with E-state index in [-0.39, 0.29) is 36.8 Å². The summed E-state index contributed by atoms with van der Waals surface area (Å²) in [6, 6.07) is 8.22. The maximum Gasteiger partial charge on any atom is 0.276 e. The molecule has 0 unspecified atom stereocenters. The van der Waals surface area contributed by atoms with Gasteiger partial charge in [-0.2, -0.15) is 0 Å². The summed E-state index contributed by atoms with van der Waals surface area (Å²) in [5.74, 6) is -0.0453. The lowest BCUT2D eigenvalue weighted by Gasteiger charge is -2.11. The third-order valence-corrected chi connectivity index (χ3v) is 3.66. The molecule has 9 heteroatoms. The van der Waals surface area contributed by atoms with Crippen molar-refractivity contribution in [3.63, 3.8) is 0 Å². The summed E-state index contributed by atoms with van der Waals surface area (Å²) in [4.78, 5) is 22.5. The fourth-order valence-electron chi connectivity index (χ4n) is 2.37. The number of halogens is 1. The summed E-state index contributed by atoms with van der Waals surface area (Å²) < 4.78 is 28.4. The van der Waals surface area contributed by atoms with E-state index < -0.39 is 16.6 Å². The molecule has 0 aromatic heterocycles. The second-order valence-corrected chi connectivity index (χ2v) is 5.44. The molecule has 0 radical (unpaired) electrons. The number of methoxy groups -OCH3 is 2. The van der Waals surface area contributed by atoms with Crippen LogP contribution in [0.5, 0.6) is 17.2 Å². The number of hydrogen-bond donors (Lipinski definition) is 1. The Labute approximate surface area is 155 Å². The zero-order chi connectivity index (χ0) is 19.8. The Bertz CT molecular complexity index is 827. The van der Waals surface area contributed by atoms with Crippen LogP contribution in [-0.2, 0) is 11.2 Å². The molecule has 1 amide bonds. The van der Waals surface area contributed by atoms with Crippen LogP contribution >= 0.6 is 0 Å². The van der Waals surface area contributed by atoms with Crippen LogP contribution in [0.25, 0.3) is 0 Å². The lowest BCUT2D eigenvalue weighted by molar-refractivity contribution is -0.385. The summed E-state index contributed by atoms with van der Waals surface area (Å²) in [5, 5.41) is 13.8. The minimum atomic E-state index is -0.522. The predicted molar refractivity (Wildman–Crippen MR) is 94.8 cm³/mol. The maximum absolute atomic E-state index is 13.0. The highest BCUT2D eigenvalue weighted by molar-refractivity contribution is 5.77. The van der Waals surface area contributed by atoms with Crippen LogP contribution in [0.15, 0.2) is 36.4 Å². The van der Waals surface area contributed by atoms with Crippen molar-refractivity contribution < 1.29 is 28.3 Å². The molecule has 27 heavy (non-hydrogen) atoms. The van der Waals surface area contributed by atoms with Gasteiger partial charge in [-0.05, 0) is 24.6 Å². The molecule has 0 heterocycles.